The first-order valence-electron chi connectivity index (χ1n) is 21.5. The number of rotatable bonds is 8. The van der Waals surface area contributed by atoms with Crippen LogP contribution in [0.4, 0.5) is 28.4 Å². The van der Waals surface area contributed by atoms with Crippen LogP contribution in [0.15, 0.2) is 230 Å². The summed E-state index contributed by atoms with van der Waals surface area (Å²) in [5.74, 6) is 0.662. The molecule has 0 spiro atoms. The van der Waals surface area contributed by atoms with Crippen LogP contribution in [-0.4, -0.2) is 0 Å². The number of allylic oxidation sites excluding steroid dienone is 12. The van der Waals surface area contributed by atoms with Crippen molar-refractivity contribution < 1.29 is 0 Å². The van der Waals surface area contributed by atoms with Gasteiger partial charge in [-0.1, -0.05) is 140 Å². The number of para-hydroxylation sites is 1. The van der Waals surface area contributed by atoms with Crippen LogP contribution in [-0.2, 0) is 0 Å². The summed E-state index contributed by atoms with van der Waals surface area (Å²) in [6, 6.07) is 58.8. The molecule has 3 aliphatic rings. The molecule has 12 rings (SSSR count). The zero-order chi connectivity index (χ0) is 41.0. The second-order valence-corrected chi connectivity index (χ2v) is 18.5. The van der Waals surface area contributed by atoms with Gasteiger partial charge in [-0.05, 0) is 114 Å². The minimum absolute atomic E-state index is 0.304. The molecule has 296 valence electrons. The Balaban J connectivity index is 0.947. The topological polar surface area (TPSA) is 6.48 Å². The molecule has 0 saturated heterocycles. The molecule has 4 heteroatoms. The largest absolute Gasteiger partial charge is 0.314 e. The fourth-order valence-electron chi connectivity index (χ4n) is 9.71. The Hall–Kier alpha value is -6.98. The third kappa shape index (κ3) is 6.46. The van der Waals surface area contributed by atoms with E-state index in [9.17, 15) is 0 Å². The maximum atomic E-state index is 2.43. The van der Waals surface area contributed by atoms with Crippen molar-refractivity contribution in [1.29, 1.82) is 0 Å². The zero-order valence-corrected chi connectivity index (χ0v) is 35.7. The van der Waals surface area contributed by atoms with Crippen LogP contribution in [0, 0.1) is 5.92 Å². The lowest BCUT2D eigenvalue weighted by atomic mass is 9.76. The van der Waals surface area contributed by atoms with Gasteiger partial charge in [-0.15, -0.1) is 22.7 Å². The van der Waals surface area contributed by atoms with Gasteiger partial charge >= 0.3 is 0 Å². The van der Waals surface area contributed by atoms with E-state index < -0.39 is 0 Å². The average Bonchev–Trinajstić information content (AvgIpc) is 3.91. The molecular formula is C58H42N2S2. The summed E-state index contributed by atoms with van der Waals surface area (Å²) < 4.78 is 5.24. The number of fused-ring (bicyclic) bond motifs is 7. The Bertz CT molecular complexity index is 3360. The zero-order valence-electron chi connectivity index (χ0n) is 34.1. The molecule has 0 saturated carbocycles. The maximum absolute atomic E-state index is 2.43. The number of nitrogens with zero attached hydrogens (tertiary/aromatic N) is 2. The van der Waals surface area contributed by atoms with Gasteiger partial charge in [0.1, 0.15) is 0 Å². The van der Waals surface area contributed by atoms with Gasteiger partial charge in [0, 0.05) is 86.3 Å². The highest BCUT2D eigenvalue weighted by atomic mass is 32.1. The molecule has 2 heterocycles. The highest BCUT2D eigenvalue weighted by molar-refractivity contribution is 7.26. The Labute approximate surface area is 370 Å². The molecule has 0 aliphatic heterocycles. The van der Waals surface area contributed by atoms with Crippen LogP contribution in [0.2, 0.25) is 0 Å². The first kappa shape index (κ1) is 36.8. The second-order valence-electron chi connectivity index (χ2n) is 16.4. The van der Waals surface area contributed by atoms with Gasteiger partial charge in [0.15, 0.2) is 0 Å². The van der Waals surface area contributed by atoms with Gasteiger partial charge in [-0.3, -0.25) is 0 Å². The van der Waals surface area contributed by atoms with E-state index in [1.165, 1.54) is 79.7 Å². The van der Waals surface area contributed by atoms with Crippen LogP contribution in [0.3, 0.4) is 0 Å². The molecule has 2 atom stereocenters. The summed E-state index contributed by atoms with van der Waals surface area (Å²) in [6.07, 6.45) is 24.5. The fraction of sp³-hybridized carbons (Fsp3) is 0.0690. The summed E-state index contributed by atoms with van der Waals surface area (Å²) in [6.45, 7) is 0. The summed E-state index contributed by atoms with van der Waals surface area (Å²) in [5.41, 5.74) is 12.3. The lowest BCUT2D eigenvalue weighted by molar-refractivity contribution is 0.670. The number of hydrogen-bond acceptors (Lipinski definition) is 4. The van der Waals surface area contributed by atoms with Crippen LogP contribution in [0.5, 0.6) is 0 Å². The SMILES string of the molecule is C1=CCCC(N(c2ccccc2)c2ccc3sc4cc(N(c5ccc(-c6cccc7c6sc6ccccc67)cc5)c5ccc(C6C=CC=C7C=CC=CC76)cc5)ccc4c3c2)=C1. The third-order valence-corrected chi connectivity index (χ3v) is 15.1. The molecule has 0 fully saturated rings. The summed E-state index contributed by atoms with van der Waals surface area (Å²) >= 11 is 3.76. The number of hydrogen-bond donors (Lipinski definition) is 0. The Morgan fingerprint density at radius 2 is 1.16 bits per heavy atom. The molecule has 0 radical (unpaired) electrons. The van der Waals surface area contributed by atoms with E-state index in [0.717, 1.165) is 29.9 Å². The Morgan fingerprint density at radius 3 is 2.02 bits per heavy atom. The van der Waals surface area contributed by atoms with Gasteiger partial charge in [0.05, 0.1) is 0 Å². The van der Waals surface area contributed by atoms with Crippen LogP contribution >= 0.6 is 22.7 Å². The predicted octanol–water partition coefficient (Wildman–Crippen LogP) is 17.3. The van der Waals surface area contributed by atoms with Crippen molar-refractivity contribution in [2.75, 3.05) is 9.80 Å². The van der Waals surface area contributed by atoms with Crippen LogP contribution < -0.4 is 9.80 Å². The minimum Gasteiger partial charge on any atom is -0.314 e. The van der Waals surface area contributed by atoms with E-state index >= 15 is 0 Å². The van der Waals surface area contributed by atoms with Gasteiger partial charge in [-0.25, -0.2) is 0 Å². The van der Waals surface area contributed by atoms with E-state index in [4.69, 9.17) is 0 Å². The number of benzene rings is 7. The first-order valence-corrected chi connectivity index (χ1v) is 23.2. The lowest BCUT2D eigenvalue weighted by Gasteiger charge is -2.29. The van der Waals surface area contributed by atoms with Gasteiger partial charge in [-0.2, -0.15) is 0 Å². The maximum Gasteiger partial charge on any atom is 0.0476 e. The Kier molecular flexibility index (Phi) is 9.20. The average molecular weight is 831 g/mol. The van der Waals surface area contributed by atoms with Gasteiger partial charge in [0.2, 0.25) is 0 Å². The number of thiophene rings is 2. The third-order valence-electron chi connectivity index (χ3n) is 12.7. The monoisotopic (exact) mass is 830 g/mol. The van der Waals surface area contributed by atoms with Crippen molar-refractivity contribution >= 4 is 91.5 Å². The van der Waals surface area contributed by atoms with Crippen molar-refractivity contribution in [3.05, 3.63) is 235 Å². The van der Waals surface area contributed by atoms with E-state index in [1.54, 1.807) is 0 Å². The fourth-order valence-corrected chi connectivity index (χ4v) is 12.1. The van der Waals surface area contributed by atoms with E-state index in [2.05, 4.69) is 228 Å². The number of anilines is 5. The smallest absolute Gasteiger partial charge is 0.0476 e. The molecule has 62 heavy (non-hydrogen) atoms. The summed E-state index contributed by atoms with van der Waals surface area (Å²) in [5, 5.41) is 5.22. The van der Waals surface area contributed by atoms with Gasteiger partial charge in [0.25, 0.3) is 0 Å². The van der Waals surface area contributed by atoms with Crippen molar-refractivity contribution in [3.63, 3.8) is 0 Å². The molecule has 0 amide bonds. The molecule has 2 aromatic heterocycles. The molecule has 2 unspecified atom stereocenters. The molecule has 3 aliphatic carbocycles. The highest BCUT2D eigenvalue weighted by Gasteiger charge is 2.25. The van der Waals surface area contributed by atoms with Gasteiger partial charge < -0.3 is 9.80 Å². The standard InChI is InChI=1S/C58H42N2S2/c1-3-15-42(16-4-1)59(43-17-5-2-6-18-43)46-34-36-56-54(37-46)52-35-33-47(38-57(52)61-56)60(44-29-25-40(26-30-44)49-21-11-14-39-13-7-8-19-48(39)49)45-31-27-41(28-32-45)50-22-12-23-53-51-20-9-10-24-55(51)62-58(50)53/h1-5,7-17,19-38,48-49H,6,18H2. The summed E-state index contributed by atoms with van der Waals surface area (Å²) in [4.78, 5) is 4.85. The molecule has 2 nitrogen and oxygen atoms in total. The highest BCUT2D eigenvalue weighted by Crippen LogP contribution is 2.46. The minimum atomic E-state index is 0.304. The first-order chi connectivity index (χ1) is 30.7. The van der Waals surface area contributed by atoms with E-state index in [1.807, 2.05) is 22.7 Å². The second kappa shape index (κ2) is 15.5. The van der Waals surface area contributed by atoms with Crippen LogP contribution in [0.25, 0.3) is 51.5 Å². The predicted molar refractivity (Wildman–Crippen MR) is 269 cm³/mol. The van der Waals surface area contributed by atoms with Crippen molar-refractivity contribution in [2.24, 2.45) is 5.92 Å². The van der Waals surface area contributed by atoms with Crippen molar-refractivity contribution in [3.8, 4) is 11.1 Å². The lowest BCUT2D eigenvalue weighted by Crippen LogP contribution is -2.17. The molecule has 0 N–H and O–H groups in total. The van der Waals surface area contributed by atoms with E-state index in [-0.39, 0.29) is 0 Å². The molecule has 0 bridgehead atoms. The van der Waals surface area contributed by atoms with Crippen molar-refractivity contribution in [1.82, 2.24) is 0 Å². The van der Waals surface area contributed by atoms with Crippen LogP contribution in [0.1, 0.15) is 24.3 Å². The Morgan fingerprint density at radius 1 is 0.452 bits per heavy atom. The normalized spacial score (nSPS) is 16.8. The molecular weight excluding hydrogens is 789 g/mol. The van der Waals surface area contributed by atoms with E-state index in [0.29, 0.717) is 11.8 Å². The molecule has 9 aromatic rings. The quantitative estimate of drug-likeness (QED) is 0.151. The summed E-state index contributed by atoms with van der Waals surface area (Å²) in [7, 11) is 0. The van der Waals surface area contributed by atoms with Crippen molar-refractivity contribution in [2.45, 2.75) is 18.8 Å². The molecule has 7 aromatic carbocycles.